The predicted molar refractivity (Wildman–Crippen MR) is 41.6 cm³/mol. The highest BCUT2D eigenvalue weighted by atomic mass is 16.6. The molecular weight excluding hydrogens is 158 g/mol. The molecule has 2 aliphatic rings. The maximum atomic E-state index is 10.8. The highest BCUT2D eigenvalue weighted by molar-refractivity contribution is 5.69. The molecule has 0 aromatic carbocycles. The van der Waals surface area contributed by atoms with Gasteiger partial charge in [-0.05, 0) is 19.3 Å². The van der Waals surface area contributed by atoms with E-state index in [0.29, 0.717) is 0 Å². The van der Waals surface area contributed by atoms with Crippen LogP contribution in [0.3, 0.4) is 0 Å². The number of carbonyl (C=O) groups is 1. The number of rotatable bonds is 0. The summed E-state index contributed by atoms with van der Waals surface area (Å²) in [6.45, 7) is 0.727. The Morgan fingerprint density at radius 2 is 2.25 bits per heavy atom. The minimum Gasteiger partial charge on any atom is -0.441 e. The Bertz CT molecular complexity index is 165. The second-order valence-electron chi connectivity index (χ2n) is 3.23. The summed E-state index contributed by atoms with van der Waals surface area (Å²) in [6.07, 6.45) is 3.70. The molecule has 0 saturated carbocycles. The minimum atomic E-state index is -0.341. The number of hydrogen-bond acceptors (Lipinski definition) is 3. The van der Waals surface area contributed by atoms with Crippen molar-refractivity contribution in [1.82, 2.24) is 5.32 Å². The Morgan fingerprint density at radius 1 is 1.33 bits per heavy atom. The lowest BCUT2D eigenvalue weighted by Crippen LogP contribution is -2.35. The van der Waals surface area contributed by atoms with Gasteiger partial charge >= 0.3 is 6.09 Å². The lowest BCUT2D eigenvalue weighted by atomic mass is 10.1. The molecule has 2 fully saturated rings. The van der Waals surface area contributed by atoms with Gasteiger partial charge in [0.2, 0.25) is 0 Å². The molecule has 2 atom stereocenters. The molecule has 4 heteroatoms. The van der Waals surface area contributed by atoms with Gasteiger partial charge in [-0.3, -0.25) is 5.32 Å². The van der Waals surface area contributed by atoms with Crippen molar-refractivity contribution in [3.05, 3.63) is 0 Å². The van der Waals surface area contributed by atoms with Gasteiger partial charge in [-0.15, -0.1) is 0 Å². The molecule has 2 unspecified atom stereocenters. The van der Waals surface area contributed by atoms with Gasteiger partial charge in [0.15, 0.2) is 6.23 Å². The molecule has 2 aliphatic heterocycles. The smallest absolute Gasteiger partial charge is 0.409 e. The molecule has 2 saturated heterocycles. The number of ether oxygens (including phenoxy) is 2. The highest BCUT2D eigenvalue weighted by Gasteiger charge is 2.34. The normalized spacial score (nSPS) is 35.8. The van der Waals surface area contributed by atoms with Crippen LogP contribution in [-0.2, 0) is 9.47 Å². The molecule has 0 aromatic heterocycles. The van der Waals surface area contributed by atoms with Crippen LogP contribution in [-0.4, -0.2) is 25.0 Å². The third kappa shape index (κ3) is 1.53. The second kappa shape index (κ2) is 3.31. The molecule has 2 rings (SSSR count). The zero-order chi connectivity index (χ0) is 8.39. The summed E-state index contributed by atoms with van der Waals surface area (Å²) in [5.74, 6) is 0. The van der Waals surface area contributed by atoms with Crippen molar-refractivity contribution in [3.63, 3.8) is 0 Å². The van der Waals surface area contributed by atoms with Crippen molar-refractivity contribution in [2.24, 2.45) is 0 Å². The Hall–Kier alpha value is -0.770. The molecule has 0 aromatic rings. The monoisotopic (exact) mass is 171 g/mol. The summed E-state index contributed by atoms with van der Waals surface area (Å²) in [6, 6.07) is 0. The fourth-order valence-electron chi connectivity index (χ4n) is 1.64. The van der Waals surface area contributed by atoms with E-state index in [1.54, 1.807) is 0 Å². The van der Waals surface area contributed by atoms with Crippen LogP contribution in [0.25, 0.3) is 0 Å². The Morgan fingerprint density at radius 3 is 3.17 bits per heavy atom. The van der Waals surface area contributed by atoms with Crippen molar-refractivity contribution >= 4 is 6.09 Å². The van der Waals surface area contributed by atoms with Gasteiger partial charge in [0, 0.05) is 6.61 Å². The average molecular weight is 171 g/mol. The van der Waals surface area contributed by atoms with E-state index in [9.17, 15) is 4.79 Å². The summed E-state index contributed by atoms with van der Waals surface area (Å²) < 4.78 is 10.4. The number of carbonyl (C=O) groups excluding carboxylic acids is 1. The molecule has 2 heterocycles. The van der Waals surface area contributed by atoms with Crippen LogP contribution in [0, 0.1) is 0 Å². The second-order valence-corrected chi connectivity index (χ2v) is 3.23. The van der Waals surface area contributed by atoms with E-state index in [1.165, 1.54) is 6.42 Å². The largest absolute Gasteiger partial charge is 0.441 e. The Balaban J connectivity index is 1.96. The van der Waals surface area contributed by atoms with Gasteiger partial charge < -0.3 is 9.47 Å². The van der Waals surface area contributed by atoms with E-state index in [4.69, 9.17) is 9.47 Å². The maximum Gasteiger partial charge on any atom is 0.409 e. The summed E-state index contributed by atoms with van der Waals surface area (Å²) >= 11 is 0. The molecule has 12 heavy (non-hydrogen) atoms. The standard InChI is InChI=1S/C8H13NO3/c10-8-9-7-6(12-8)4-2-1-3-5-11-7/h6-7H,1-5H2,(H,9,10). The van der Waals surface area contributed by atoms with Crippen LogP contribution in [0.2, 0.25) is 0 Å². The SMILES string of the molecule is O=C1NC2OCCCCCC2O1. The maximum absolute atomic E-state index is 10.8. The first-order chi connectivity index (χ1) is 5.86. The van der Waals surface area contributed by atoms with Crippen LogP contribution < -0.4 is 5.32 Å². The van der Waals surface area contributed by atoms with Gasteiger partial charge in [0.05, 0.1) is 0 Å². The number of nitrogens with one attached hydrogen (secondary N) is 1. The van der Waals surface area contributed by atoms with Crippen LogP contribution in [0.1, 0.15) is 25.7 Å². The van der Waals surface area contributed by atoms with Crippen LogP contribution in [0.15, 0.2) is 0 Å². The van der Waals surface area contributed by atoms with E-state index >= 15 is 0 Å². The van der Waals surface area contributed by atoms with Crippen molar-refractivity contribution in [2.75, 3.05) is 6.61 Å². The lowest BCUT2D eigenvalue weighted by Gasteiger charge is -2.19. The van der Waals surface area contributed by atoms with E-state index < -0.39 is 0 Å². The molecule has 1 N–H and O–H groups in total. The third-order valence-corrected chi connectivity index (χ3v) is 2.29. The van der Waals surface area contributed by atoms with Crippen LogP contribution >= 0.6 is 0 Å². The molecule has 0 radical (unpaired) electrons. The first-order valence-corrected chi connectivity index (χ1v) is 4.45. The summed E-state index contributed by atoms with van der Waals surface area (Å²) in [5, 5.41) is 2.64. The quantitative estimate of drug-likeness (QED) is 0.591. The molecule has 0 spiro atoms. The highest BCUT2D eigenvalue weighted by Crippen LogP contribution is 2.19. The minimum absolute atomic E-state index is 0.0576. The van der Waals surface area contributed by atoms with Crippen molar-refractivity contribution in [2.45, 2.75) is 38.0 Å². The van der Waals surface area contributed by atoms with Gasteiger partial charge in [0.1, 0.15) is 6.10 Å². The van der Waals surface area contributed by atoms with E-state index in [1.807, 2.05) is 0 Å². The first kappa shape index (κ1) is 7.86. The van der Waals surface area contributed by atoms with E-state index in [0.717, 1.165) is 25.9 Å². The van der Waals surface area contributed by atoms with Crippen LogP contribution in [0.5, 0.6) is 0 Å². The van der Waals surface area contributed by atoms with Crippen molar-refractivity contribution in [1.29, 1.82) is 0 Å². The van der Waals surface area contributed by atoms with Gasteiger partial charge in [-0.1, -0.05) is 6.42 Å². The van der Waals surface area contributed by atoms with Crippen molar-refractivity contribution in [3.8, 4) is 0 Å². The number of hydrogen-bond donors (Lipinski definition) is 1. The average Bonchev–Trinajstić information content (AvgIpc) is 2.32. The summed E-state index contributed by atoms with van der Waals surface area (Å²) in [4.78, 5) is 10.8. The third-order valence-electron chi connectivity index (χ3n) is 2.29. The van der Waals surface area contributed by atoms with Gasteiger partial charge in [-0.2, -0.15) is 0 Å². The zero-order valence-corrected chi connectivity index (χ0v) is 6.91. The fourth-order valence-corrected chi connectivity index (χ4v) is 1.64. The van der Waals surface area contributed by atoms with Gasteiger partial charge in [-0.25, -0.2) is 4.79 Å². The molecule has 0 bridgehead atoms. The summed E-state index contributed by atoms with van der Waals surface area (Å²) in [7, 11) is 0. The van der Waals surface area contributed by atoms with E-state index in [2.05, 4.69) is 5.32 Å². The molecule has 0 aliphatic carbocycles. The number of amides is 1. The predicted octanol–water partition coefficient (Wildman–Crippen LogP) is 1.01. The molecule has 4 nitrogen and oxygen atoms in total. The topological polar surface area (TPSA) is 47.6 Å². The molecular formula is C8H13NO3. The fraction of sp³-hybridized carbons (Fsp3) is 0.875. The zero-order valence-electron chi connectivity index (χ0n) is 6.91. The Kier molecular flexibility index (Phi) is 2.17. The number of alkyl carbamates (subject to hydrolysis) is 1. The molecule has 68 valence electrons. The van der Waals surface area contributed by atoms with E-state index in [-0.39, 0.29) is 18.4 Å². The first-order valence-electron chi connectivity index (χ1n) is 4.45. The van der Waals surface area contributed by atoms with Crippen molar-refractivity contribution < 1.29 is 14.3 Å². The molecule has 1 amide bonds. The van der Waals surface area contributed by atoms with Gasteiger partial charge in [0.25, 0.3) is 0 Å². The number of fused-ring (bicyclic) bond motifs is 1. The van der Waals surface area contributed by atoms with Crippen LogP contribution in [0.4, 0.5) is 4.79 Å². The lowest BCUT2D eigenvalue weighted by molar-refractivity contribution is -0.0220. The Labute approximate surface area is 71.2 Å². The summed E-state index contributed by atoms with van der Waals surface area (Å²) in [5.41, 5.74) is 0.